The molecular weight excluding hydrogens is 968 g/mol. The number of hydrogen-bond donors (Lipinski definition) is 19. The second kappa shape index (κ2) is 24.2. The minimum Gasteiger partial charge on any atom is -0.394 e. The van der Waals surface area contributed by atoms with E-state index in [9.17, 15) is 97.0 Å². The molecule has 22 saturated heterocycles. The Bertz CT molecular complexity index is 1600. The van der Waals surface area contributed by atoms with Crippen LogP contribution < -0.4 is 0 Å². The van der Waals surface area contributed by atoms with Crippen LogP contribution in [0.25, 0.3) is 0 Å². The van der Waals surface area contributed by atoms with E-state index >= 15 is 0 Å². The normalized spacial score (nSPS) is 53.4. The molecule has 22 aliphatic rings. The summed E-state index contributed by atoms with van der Waals surface area (Å²) in [6, 6.07) is 0. The summed E-state index contributed by atoms with van der Waals surface area (Å²) in [6.07, 6.45) is -61.6. The van der Waals surface area contributed by atoms with Gasteiger partial charge in [-0.25, -0.2) is 0 Å². The molecule has 0 aromatic heterocycles. The van der Waals surface area contributed by atoms with E-state index in [4.69, 9.17) is 61.6 Å². The summed E-state index contributed by atoms with van der Waals surface area (Å²) in [6.45, 7) is -7.29. The van der Waals surface area contributed by atoms with E-state index < -0.39 is 237 Å². The summed E-state index contributed by atoms with van der Waals surface area (Å²) in [5.41, 5.74) is 0. The molecule has 0 aromatic rings. The van der Waals surface area contributed by atoms with Crippen molar-refractivity contribution in [2.45, 2.75) is 191 Å². The molecular formula is C38H64O32. The first-order valence-corrected chi connectivity index (χ1v) is 22.3. The van der Waals surface area contributed by atoms with Crippen LogP contribution in [0.4, 0.5) is 0 Å². The summed E-state index contributed by atoms with van der Waals surface area (Å²) in [4.78, 5) is 0. The predicted molar refractivity (Wildman–Crippen MR) is 208 cm³/mol. The van der Waals surface area contributed by atoms with Gasteiger partial charge in [0.2, 0.25) is 0 Å². The van der Waals surface area contributed by atoms with Crippen molar-refractivity contribution in [3.8, 4) is 0 Å². The summed E-state index contributed by atoms with van der Waals surface area (Å²) < 4.78 is 73.9. The first-order valence-electron chi connectivity index (χ1n) is 22.3. The molecule has 32 nitrogen and oxygen atoms in total. The van der Waals surface area contributed by atoms with Gasteiger partial charge in [-0.2, -0.15) is 0 Å². The van der Waals surface area contributed by atoms with Crippen LogP contribution in [0, 0.1) is 0 Å². The van der Waals surface area contributed by atoms with E-state index in [1.165, 1.54) is 0 Å². The Hall–Kier alpha value is -1.28. The molecule has 70 heavy (non-hydrogen) atoms. The quantitative estimate of drug-likeness (QED) is 0.0954. The fourth-order valence-corrected chi connectivity index (χ4v) is 9.29. The Kier molecular flexibility index (Phi) is 19.5. The maximum atomic E-state index is 11.6. The molecule has 19 N–H and O–H groups in total. The monoisotopic (exact) mass is 1030 g/mol. The largest absolute Gasteiger partial charge is 0.394 e. The SMILES string of the molecule is OCC(O)O[C@@H]1[C@@H](O)[C@H]2O[C@H]3[C@H](O)[C@@H](O)[C@@H](O[C@H]4[C@H](O)[C@@H](O)[C@@H](O[C@H]5[C@H](O)[C@@H](O)[C@@H](O[C@H]6[C@H](O)[C@@H](O)[C@@H](O[C@H]7[C@H](O)[C@@H](O)[C@@H](O[C@H]1[C@@H](CO)O2)O[C@@H]7CO)O[C@@H]6CO)O[C@@H]5CO)O[C@@H]4CO)O[C@@H]3CO. The Morgan fingerprint density at radius 2 is 0.471 bits per heavy atom. The lowest BCUT2D eigenvalue weighted by Crippen LogP contribution is -2.69. The van der Waals surface area contributed by atoms with E-state index in [0.29, 0.717) is 0 Å². The van der Waals surface area contributed by atoms with Gasteiger partial charge in [0.1, 0.15) is 146 Å². The number of ether oxygens (including phenoxy) is 13. The fraction of sp³-hybridized carbons (Fsp3) is 1.00. The first-order chi connectivity index (χ1) is 33.4. The van der Waals surface area contributed by atoms with Gasteiger partial charge in [-0.15, -0.1) is 0 Å². The Morgan fingerprint density at radius 1 is 0.271 bits per heavy atom. The van der Waals surface area contributed by atoms with E-state index in [1.807, 2.05) is 0 Å². The minimum absolute atomic E-state index is 1.01. The first kappa shape index (κ1) is 56.4. The van der Waals surface area contributed by atoms with Crippen LogP contribution >= 0.6 is 0 Å². The van der Waals surface area contributed by atoms with Gasteiger partial charge in [0.15, 0.2) is 44.0 Å². The summed E-state index contributed by atoms with van der Waals surface area (Å²) >= 11 is 0. The van der Waals surface area contributed by atoms with Gasteiger partial charge in [0.25, 0.3) is 0 Å². The van der Waals surface area contributed by atoms with E-state index in [2.05, 4.69) is 0 Å². The third kappa shape index (κ3) is 11.2. The average molecular weight is 1030 g/mol. The van der Waals surface area contributed by atoms with Crippen LogP contribution in [-0.4, -0.2) is 334 Å². The zero-order chi connectivity index (χ0) is 51.0. The second-order valence-electron chi connectivity index (χ2n) is 17.6. The zero-order valence-electron chi connectivity index (χ0n) is 36.7. The smallest absolute Gasteiger partial charge is 0.187 e. The number of hydrogen-bond acceptors (Lipinski definition) is 32. The van der Waals surface area contributed by atoms with Gasteiger partial charge >= 0.3 is 0 Å². The molecule has 0 aromatic carbocycles. The van der Waals surface area contributed by atoms with Crippen LogP contribution in [0.15, 0.2) is 0 Å². The number of aliphatic hydroxyl groups excluding tert-OH is 19. The third-order valence-corrected chi connectivity index (χ3v) is 13.1. The summed E-state index contributed by atoms with van der Waals surface area (Å²) in [7, 11) is 0. The lowest BCUT2D eigenvalue weighted by Gasteiger charge is -2.51. The van der Waals surface area contributed by atoms with Crippen LogP contribution in [-0.2, 0) is 61.6 Å². The van der Waals surface area contributed by atoms with Crippen molar-refractivity contribution in [1.29, 1.82) is 0 Å². The molecule has 408 valence electrons. The van der Waals surface area contributed by atoms with Crippen molar-refractivity contribution in [3.63, 3.8) is 0 Å². The summed E-state index contributed by atoms with van der Waals surface area (Å²) in [5.74, 6) is 0. The van der Waals surface area contributed by atoms with Crippen molar-refractivity contribution >= 4 is 0 Å². The lowest BCUT2D eigenvalue weighted by molar-refractivity contribution is -0.407. The molecule has 12 bridgehead atoms. The van der Waals surface area contributed by atoms with E-state index in [-0.39, 0.29) is 0 Å². The van der Waals surface area contributed by atoms with Gasteiger partial charge < -0.3 is 159 Å². The molecule has 31 atom stereocenters. The summed E-state index contributed by atoms with van der Waals surface area (Å²) in [5, 5.41) is 206. The van der Waals surface area contributed by atoms with Gasteiger partial charge in [0, 0.05) is 0 Å². The molecule has 0 spiro atoms. The maximum Gasteiger partial charge on any atom is 0.187 e. The van der Waals surface area contributed by atoms with Crippen molar-refractivity contribution in [2.75, 3.05) is 46.2 Å². The molecule has 22 heterocycles. The van der Waals surface area contributed by atoms with Gasteiger partial charge in [0.05, 0.1) is 46.2 Å². The van der Waals surface area contributed by atoms with Crippen molar-refractivity contribution in [3.05, 3.63) is 0 Å². The maximum absolute atomic E-state index is 11.6. The zero-order valence-corrected chi connectivity index (χ0v) is 36.7. The Labute approximate surface area is 395 Å². The topological polar surface area (TPSA) is 504 Å². The molecule has 0 saturated carbocycles. The van der Waals surface area contributed by atoms with Crippen LogP contribution in [0.5, 0.6) is 0 Å². The van der Waals surface area contributed by atoms with E-state index in [0.717, 1.165) is 0 Å². The fourth-order valence-electron chi connectivity index (χ4n) is 9.29. The van der Waals surface area contributed by atoms with Crippen molar-refractivity contribution < 1.29 is 159 Å². The highest BCUT2D eigenvalue weighted by Gasteiger charge is 2.59. The Morgan fingerprint density at radius 3 is 0.686 bits per heavy atom. The van der Waals surface area contributed by atoms with Gasteiger partial charge in [-0.05, 0) is 0 Å². The Balaban J connectivity index is 1.22. The van der Waals surface area contributed by atoms with E-state index in [1.54, 1.807) is 0 Å². The minimum atomic E-state index is -2.21. The highest BCUT2D eigenvalue weighted by atomic mass is 16.8. The van der Waals surface area contributed by atoms with Crippen LogP contribution in [0.1, 0.15) is 0 Å². The van der Waals surface area contributed by atoms with Gasteiger partial charge in [-0.3, -0.25) is 0 Å². The van der Waals surface area contributed by atoms with Crippen LogP contribution in [0.2, 0.25) is 0 Å². The highest BCUT2D eigenvalue weighted by molar-refractivity contribution is 5.01. The molecule has 1 unspecified atom stereocenters. The lowest BCUT2D eigenvalue weighted by atomic mass is 9.94. The molecule has 0 radical (unpaired) electrons. The molecule has 0 amide bonds. The van der Waals surface area contributed by atoms with Crippen LogP contribution in [0.3, 0.4) is 0 Å². The molecule has 22 rings (SSSR count). The highest BCUT2D eigenvalue weighted by Crippen LogP contribution is 2.38. The number of rotatable bonds is 9. The molecule has 22 aliphatic heterocycles. The standard InChI is InChI=1S/C38H64O32/c39-1-8-26-15(47)20(52)33(58-8)66-27-9(2-40)60-35(22(54)17(27)49)68-29-11(4-42)62-37(24(56)19(29)51)70-31-13(6-44)63-38(25(57)32(31)64-14(46)7-45)69-30-12(5-43)61-36(23(55)18(30)50)67-28-10(3-41)59-34(65-26)21(53)16(28)48/h8-57H,1-7H2/t8-,9-,10-,11-,12-,13-,14?,15-,16-,17-,18-,19-,20-,21-,22-,23-,24-,25-,26-,27-,28-,29-,30-,31+,32-,33-,34-,35-,36-,37-,38-/m1/s1. The average Bonchev–Trinajstić information content (AvgIpc) is 3.35. The molecule has 22 fully saturated rings. The molecule has 32 heteroatoms. The van der Waals surface area contributed by atoms with Crippen molar-refractivity contribution in [1.82, 2.24) is 0 Å². The second-order valence-corrected chi connectivity index (χ2v) is 17.6. The molecule has 0 aliphatic carbocycles. The predicted octanol–water partition coefficient (Wildman–Crippen LogP) is -13.7. The number of aliphatic hydroxyl groups is 19. The van der Waals surface area contributed by atoms with Gasteiger partial charge in [-0.1, -0.05) is 0 Å². The third-order valence-electron chi connectivity index (χ3n) is 13.1. The van der Waals surface area contributed by atoms with Crippen molar-refractivity contribution in [2.24, 2.45) is 0 Å².